The first-order chi connectivity index (χ1) is 26.0. The number of anilines is 2. The summed E-state index contributed by atoms with van der Waals surface area (Å²) < 4.78 is 115. The highest BCUT2D eigenvalue weighted by atomic mass is 32.1. The van der Waals surface area contributed by atoms with Gasteiger partial charge < -0.3 is 20.7 Å². The molecule has 4 atom stereocenters. The molecular formula is C37H39F8N7O2S. The van der Waals surface area contributed by atoms with Crippen LogP contribution < -0.4 is 15.8 Å². The van der Waals surface area contributed by atoms with Gasteiger partial charge in [-0.3, -0.25) is 9.69 Å². The van der Waals surface area contributed by atoms with E-state index in [1.165, 1.54) is 20.0 Å². The molecule has 4 aliphatic rings. The van der Waals surface area contributed by atoms with Crippen molar-refractivity contribution >= 4 is 49.1 Å². The predicted octanol–water partition coefficient (Wildman–Crippen LogP) is 8.55. The number of carbonyl (C=O) groups is 1. The molecule has 3 N–H and O–H groups in total. The molecule has 18 heteroatoms. The van der Waals surface area contributed by atoms with Crippen molar-refractivity contribution in [1.82, 2.24) is 19.8 Å². The average Bonchev–Trinajstić information content (AvgIpc) is 3.63. The number of alkyl halides is 6. The Morgan fingerprint density at radius 1 is 1.18 bits per heavy atom. The zero-order chi connectivity index (χ0) is 40.0. The third-order valence-electron chi connectivity index (χ3n) is 10.4. The molecule has 0 bridgehead atoms. The molecule has 3 aliphatic heterocycles. The number of benzene rings is 2. The van der Waals surface area contributed by atoms with Gasteiger partial charge in [-0.15, -0.1) is 11.3 Å². The van der Waals surface area contributed by atoms with Crippen LogP contribution in [0.5, 0.6) is 6.01 Å². The van der Waals surface area contributed by atoms with Crippen LogP contribution in [0.1, 0.15) is 63.5 Å². The quantitative estimate of drug-likeness (QED) is 0.193. The Bertz CT molecular complexity index is 2130. The summed E-state index contributed by atoms with van der Waals surface area (Å²) in [7, 11) is 1.23. The summed E-state index contributed by atoms with van der Waals surface area (Å²) in [6.07, 6.45) is -0.527. The number of aromatic nitrogens is 2. The number of thiophene rings is 1. The fourth-order valence-corrected chi connectivity index (χ4v) is 8.51. The Kier molecular flexibility index (Phi) is 11.4. The topological polar surface area (TPSA) is 120 Å². The van der Waals surface area contributed by atoms with Crippen LogP contribution >= 0.6 is 11.3 Å². The lowest BCUT2D eigenvalue weighted by atomic mass is 9.92. The van der Waals surface area contributed by atoms with Crippen molar-refractivity contribution in [2.45, 2.75) is 82.7 Å². The lowest BCUT2D eigenvalue weighted by Crippen LogP contribution is -2.35. The highest BCUT2D eigenvalue weighted by Crippen LogP contribution is 2.50. The van der Waals surface area contributed by atoms with Gasteiger partial charge in [-0.05, 0) is 70.2 Å². The van der Waals surface area contributed by atoms with Crippen LogP contribution in [-0.2, 0) is 11.0 Å². The minimum Gasteiger partial charge on any atom is -0.467 e. The minimum atomic E-state index is -5.00. The highest BCUT2D eigenvalue weighted by Gasteiger charge is 2.62. The zero-order valence-corrected chi connectivity index (χ0v) is 31.0. The van der Waals surface area contributed by atoms with Gasteiger partial charge >= 0.3 is 12.2 Å². The fraction of sp³-hybridized carbons (Fsp3) is 0.514. The Morgan fingerprint density at radius 2 is 1.89 bits per heavy atom. The molecule has 1 amide bonds. The van der Waals surface area contributed by atoms with Gasteiger partial charge in [-0.2, -0.15) is 28.4 Å². The molecule has 4 unspecified atom stereocenters. The number of methoxy groups -OCH3 is 1. The van der Waals surface area contributed by atoms with Crippen LogP contribution in [0.2, 0.25) is 0 Å². The lowest BCUT2D eigenvalue weighted by molar-refractivity contribution is -0.137. The van der Waals surface area contributed by atoms with Crippen LogP contribution in [-0.4, -0.2) is 83.1 Å². The molecule has 2 aromatic heterocycles. The van der Waals surface area contributed by atoms with Crippen molar-refractivity contribution in [3.63, 3.8) is 0 Å². The minimum absolute atomic E-state index is 0.0444. The Balaban J connectivity index is 0.000000187. The van der Waals surface area contributed by atoms with Crippen molar-refractivity contribution < 1.29 is 44.7 Å². The molecule has 1 saturated carbocycles. The van der Waals surface area contributed by atoms with E-state index in [4.69, 9.17) is 10.5 Å². The number of nitriles is 1. The summed E-state index contributed by atoms with van der Waals surface area (Å²) in [4.78, 5) is 23.3. The van der Waals surface area contributed by atoms with Gasteiger partial charge in [-0.1, -0.05) is 6.07 Å². The lowest BCUT2D eigenvalue weighted by Gasteiger charge is -2.21. The summed E-state index contributed by atoms with van der Waals surface area (Å²) in [6, 6.07) is 4.91. The van der Waals surface area contributed by atoms with E-state index in [2.05, 4.69) is 20.2 Å². The third-order valence-corrected chi connectivity index (χ3v) is 11.4. The van der Waals surface area contributed by atoms with Crippen molar-refractivity contribution in [2.75, 3.05) is 44.3 Å². The third kappa shape index (κ3) is 7.95. The second-order valence-corrected chi connectivity index (χ2v) is 15.1. The number of amides is 1. The van der Waals surface area contributed by atoms with Gasteiger partial charge in [0.15, 0.2) is 5.82 Å². The van der Waals surface area contributed by atoms with Gasteiger partial charge in [0.2, 0.25) is 5.91 Å². The fourth-order valence-electron chi connectivity index (χ4n) is 7.56. The van der Waals surface area contributed by atoms with E-state index in [0.717, 1.165) is 44.0 Å². The summed E-state index contributed by atoms with van der Waals surface area (Å²) in [5.41, 5.74) is 2.59. The van der Waals surface area contributed by atoms with Crippen LogP contribution in [0.15, 0.2) is 18.2 Å². The maximum Gasteiger partial charge on any atom is 0.417 e. The maximum absolute atomic E-state index is 15.9. The van der Waals surface area contributed by atoms with Crippen LogP contribution in [0.4, 0.5) is 45.9 Å². The zero-order valence-electron chi connectivity index (χ0n) is 30.2. The average molecular weight is 798 g/mol. The molecule has 4 fully saturated rings. The van der Waals surface area contributed by atoms with Crippen molar-refractivity contribution in [1.29, 1.82) is 5.26 Å². The first-order valence-corrected chi connectivity index (χ1v) is 18.7. The molecule has 296 valence electrons. The van der Waals surface area contributed by atoms with E-state index in [1.807, 2.05) is 6.92 Å². The Labute approximate surface area is 315 Å². The van der Waals surface area contributed by atoms with E-state index in [1.54, 1.807) is 17.9 Å². The standard InChI is InChI=1S/C21H14F5N5OS.C9H13F2NO.C7H12FN/c1-3-29-19-9-6-11(21(24,25)26)14(15(23)16(9)30-20(31-19)32-2)8-4-5-12(22)17-13(8)10(7-27)18(28)33-17;1-6-3-2-4-12(6)8(13)7-5-9(7,10)11;8-6-4-7-2-1-3-9(7)5-6/h4-6H,3,28H2,1-2H3,(H,29,30,31);6-7H,2-5H2,1H3;6-7H,1-5H2. The molecule has 0 radical (unpaired) electrons. The van der Waals surface area contributed by atoms with Crippen LogP contribution in [0.25, 0.3) is 32.1 Å². The smallest absolute Gasteiger partial charge is 0.417 e. The van der Waals surface area contributed by atoms with E-state index >= 15 is 4.39 Å². The monoisotopic (exact) mass is 797 g/mol. The molecule has 55 heavy (non-hydrogen) atoms. The van der Waals surface area contributed by atoms with Gasteiger partial charge in [0.25, 0.3) is 5.92 Å². The molecule has 8 rings (SSSR count). The molecule has 2 aromatic carbocycles. The molecule has 4 aromatic rings. The molecule has 9 nitrogen and oxygen atoms in total. The predicted molar refractivity (Wildman–Crippen MR) is 193 cm³/mol. The molecule has 5 heterocycles. The summed E-state index contributed by atoms with van der Waals surface area (Å²) in [5.74, 6) is -6.21. The highest BCUT2D eigenvalue weighted by molar-refractivity contribution is 7.23. The number of halogens is 8. The van der Waals surface area contributed by atoms with Gasteiger partial charge in [0.1, 0.15) is 40.3 Å². The number of nitrogens with two attached hydrogens (primary N) is 1. The van der Waals surface area contributed by atoms with E-state index in [0.29, 0.717) is 30.5 Å². The van der Waals surface area contributed by atoms with Crippen LogP contribution in [0, 0.1) is 28.9 Å². The maximum atomic E-state index is 15.9. The van der Waals surface area contributed by atoms with E-state index in [9.17, 15) is 40.8 Å². The second-order valence-electron chi connectivity index (χ2n) is 14.0. The number of fused-ring (bicyclic) bond motifs is 3. The van der Waals surface area contributed by atoms with Gasteiger partial charge in [0.05, 0.1) is 22.9 Å². The summed E-state index contributed by atoms with van der Waals surface area (Å²) in [5, 5.41) is 11.8. The molecule has 0 spiro atoms. The molecule has 3 saturated heterocycles. The van der Waals surface area contributed by atoms with E-state index in [-0.39, 0.29) is 68.3 Å². The van der Waals surface area contributed by atoms with Gasteiger partial charge in [0, 0.05) is 54.5 Å². The number of hydrogen-bond acceptors (Lipinski definition) is 9. The first-order valence-electron chi connectivity index (χ1n) is 17.9. The SMILES string of the molecule is CC1CCCN1C(=O)C1CC1(F)F.CCNc1nc(OC)nc2c(F)c(-c3ccc(F)c4sc(N)c(C#N)c34)c(C(F)(F)F)cc12.FC1CC2CCCN2C1. The van der Waals surface area contributed by atoms with Gasteiger partial charge in [-0.25, -0.2) is 22.0 Å². The van der Waals surface area contributed by atoms with Crippen molar-refractivity contribution in [3.05, 3.63) is 41.0 Å². The number of nitrogen functional groups attached to an aromatic ring is 1. The number of carbonyl (C=O) groups excluding carboxylic acids is 1. The number of nitrogens with one attached hydrogen (secondary N) is 1. The molecular weight excluding hydrogens is 759 g/mol. The number of ether oxygens (including phenoxy) is 1. The number of hydrogen-bond donors (Lipinski definition) is 2. The first kappa shape index (κ1) is 40.2. The Hall–Kier alpha value is -4.50. The summed E-state index contributed by atoms with van der Waals surface area (Å²) in [6.45, 7) is 6.42. The summed E-state index contributed by atoms with van der Waals surface area (Å²) >= 11 is 0.698. The second kappa shape index (κ2) is 15.6. The van der Waals surface area contributed by atoms with Crippen LogP contribution in [0.3, 0.4) is 0 Å². The number of rotatable bonds is 5. The van der Waals surface area contributed by atoms with E-state index < -0.39 is 52.5 Å². The number of nitrogens with zero attached hydrogens (tertiary/aromatic N) is 5. The largest absolute Gasteiger partial charge is 0.467 e. The van der Waals surface area contributed by atoms with Crippen molar-refractivity contribution in [2.24, 2.45) is 5.92 Å². The van der Waals surface area contributed by atoms with Crippen molar-refractivity contribution in [3.8, 4) is 23.2 Å². The number of likely N-dealkylation sites (tertiary alicyclic amines) is 1. The normalized spacial score (nSPS) is 22.8. The molecule has 1 aliphatic carbocycles. The Morgan fingerprint density at radius 3 is 2.47 bits per heavy atom.